The molecule has 4 aliphatic carbocycles. The molecule has 156 valence electrons. The third-order valence-electron chi connectivity index (χ3n) is 7.02. The van der Waals surface area contributed by atoms with Crippen molar-refractivity contribution in [3.8, 4) is 0 Å². The second-order valence-corrected chi connectivity index (χ2v) is 11.7. The summed E-state index contributed by atoms with van der Waals surface area (Å²) in [5.41, 5.74) is 0.107. The first-order valence-electron chi connectivity index (χ1n) is 11.0. The summed E-state index contributed by atoms with van der Waals surface area (Å²) in [5, 5.41) is 16.1. The second kappa shape index (κ2) is 8.90. The lowest BCUT2D eigenvalue weighted by atomic mass is 9.53. The molecule has 1 aromatic heterocycles. The Morgan fingerprint density at radius 1 is 1.21 bits per heavy atom. The van der Waals surface area contributed by atoms with Gasteiger partial charge in [-0.25, -0.2) is 0 Å². The number of nitrogens with one attached hydrogen (secondary N) is 2. The molecule has 4 bridgehead atoms. The van der Waals surface area contributed by atoms with Crippen molar-refractivity contribution < 1.29 is 4.79 Å². The van der Waals surface area contributed by atoms with Crippen LogP contribution in [-0.4, -0.2) is 33.9 Å². The van der Waals surface area contributed by atoms with Gasteiger partial charge in [0.1, 0.15) is 0 Å². The van der Waals surface area contributed by atoms with Gasteiger partial charge in [-0.15, -0.1) is 10.2 Å². The molecule has 0 unspecified atom stereocenters. The van der Waals surface area contributed by atoms with E-state index in [9.17, 15) is 4.79 Å². The van der Waals surface area contributed by atoms with E-state index < -0.39 is 0 Å². The number of hydrogen-bond acceptors (Lipinski definition) is 6. The molecule has 7 heteroatoms. The van der Waals surface area contributed by atoms with Gasteiger partial charge < -0.3 is 10.6 Å². The maximum absolute atomic E-state index is 12.6. The van der Waals surface area contributed by atoms with Crippen molar-refractivity contribution in [2.45, 2.75) is 81.5 Å². The average molecular weight is 423 g/mol. The molecule has 1 amide bonds. The summed E-state index contributed by atoms with van der Waals surface area (Å²) in [7, 11) is 0. The molecule has 0 saturated heterocycles. The Bertz CT molecular complexity index is 642. The number of hydrogen-bond donors (Lipinski definition) is 2. The quantitative estimate of drug-likeness (QED) is 0.412. The summed E-state index contributed by atoms with van der Waals surface area (Å²) < 4.78 is 0.880. The fraction of sp³-hybridized carbons (Fsp3) is 0.857. The van der Waals surface area contributed by atoms with Crippen molar-refractivity contribution in [2.24, 2.45) is 23.7 Å². The number of thioether (sulfide) groups is 1. The number of carbonyl (C=O) groups is 1. The topological polar surface area (TPSA) is 66.9 Å². The van der Waals surface area contributed by atoms with E-state index in [1.54, 1.807) is 11.3 Å². The van der Waals surface area contributed by atoms with Crippen LogP contribution in [0.4, 0.5) is 5.13 Å². The zero-order chi connectivity index (χ0) is 19.6. The van der Waals surface area contributed by atoms with Crippen molar-refractivity contribution in [3.05, 3.63) is 0 Å². The van der Waals surface area contributed by atoms with Gasteiger partial charge in [-0.05, 0) is 75.0 Å². The van der Waals surface area contributed by atoms with E-state index in [2.05, 4.69) is 34.7 Å². The smallest absolute Gasteiger partial charge is 0.230 e. The zero-order valence-electron chi connectivity index (χ0n) is 17.2. The largest absolute Gasteiger partial charge is 0.360 e. The lowest BCUT2D eigenvalue weighted by Crippen LogP contribution is -2.60. The van der Waals surface area contributed by atoms with Gasteiger partial charge in [-0.2, -0.15) is 0 Å². The normalized spacial score (nSPS) is 31.7. The molecule has 0 aromatic carbocycles. The summed E-state index contributed by atoms with van der Waals surface area (Å²) in [4.78, 5) is 12.6. The van der Waals surface area contributed by atoms with Gasteiger partial charge in [-0.1, -0.05) is 43.4 Å². The highest BCUT2D eigenvalue weighted by molar-refractivity contribution is 8.01. The van der Waals surface area contributed by atoms with Crippen LogP contribution < -0.4 is 10.6 Å². The van der Waals surface area contributed by atoms with Gasteiger partial charge in [-0.3, -0.25) is 4.79 Å². The zero-order valence-corrected chi connectivity index (χ0v) is 18.8. The molecular weight excluding hydrogens is 388 g/mol. The van der Waals surface area contributed by atoms with Crippen LogP contribution in [0, 0.1) is 23.7 Å². The maximum atomic E-state index is 12.6. The molecule has 5 rings (SSSR count). The van der Waals surface area contributed by atoms with Gasteiger partial charge in [0.15, 0.2) is 4.34 Å². The predicted molar refractivity (Wildman–Crippen MR) is 117 cm³/mol. The summed E-state index contributed by atoms with van der Waals surface area (Å²) in [5.74, 6) is 3.98. The summed E-state index contributed by atoms with van der Waals surface area (Å²) >= 11 is 3.08. The summed E-state index contributed by atoms with van der Waals surface area (Å²) in [6.07, 6.45) is 11.5. The fourth-order valence-electron chi connectivity index (χ4n) is 5.91. The average Bonchev–Trinajstić information content (AvgIpc) is 3.09. The standard InChI is InChI=1S/C21H34N4OS2/c1-3-14(2)5-4-6-22-19-24-25-20(28-19)27-13-18(26)23-21-10-15-7-16(11-21)9-17(8-15)12-21/h14-17H,3-13H2,1-2H3,(H,22,24)(H,23,26)/t14-,15?,16?,17?,21?/m1/s1. The molecule has 1 atom stereocenters. The first kappa shape index (κ1) is 20.5. The van der Waals surface area contributed by atoms with Crippen molar-refractivity contribution in [1.29, 1.82) is 0 Å². The molecule has 1 heterocycles. The van der Waals surface area contributed by atoms with Gasteiger partial charge in [0.05, 0.1) is 5.75 Å². The lowest BCUT2D eigenvalue weighted by Gasteiger charge is -2.56. The first-order valence-corrected chi connectivity index (χ1v) is 12.8. The number of carbonyl (C=O) groups excluding carboxylic acids is 1. The van der Waals surface area contributed by atoms with E-state index in [1.165, 1.54) is 63.1 Å². The highest BCUT2D eigenvalue weighted by atomic mass is 32.2. The van der Waals surface area contributed by atoms with Crippen LogP contribution >= 0.6 is 23.1 Å². The Morgan fingerprint density at radius 2 is 1.89 bits per heavy atom. The molecular formula is C21H34N4OS2. The monoisotopic (exact) mass is 422 g/mol. The molecule has 0 aliphatic heterocycles. The van der Waals surface area contributed by atoms with E-state index in [4.69, 9.17) is 0 Å². The van der Waals surface area contributed by atoms with Gasteiger partial charge in [0.25, 0.3) is 0 Å². The molecule has 2 N–H and O–H groups in total. The third-order valence-corrected chi connectivity index (χ3v) is 9.04. The predicted octanol–water partition coefficient (Wildman–Crippen LogP) is 4.95. The Balaban J connectivity index is 1.19. The molecule has 4 saturated carbocycles. The highest BCUT2D eigenvalue weighted by Gasteiger charge is 2.51. The first-order chi connectivity index (χ1) is 13.5. The van der Waals surface area contributed by atoms with Crippen molar-refractivity contribution in [1.82, 2.24) is 15.5 Å². The van der Waals surface area contributed by atoms with Crippen molar-refractivity contribution in [2.75, 3.05) is 17.6 Å². The number of aromatic nitrogens is 2. The van der Waals surface area contributed by atoms with Crippen LogP contribution in [-0.2, 0) is 4.79 Å². The summed E-state index contributed by atoms with van der Waals surface area (Å²) in [6, 6.07) is 0. The molecule has 4 aliphatic rings. The van der Waals surface area contributed by atoms with Crippen LogP contribution in [0.25, 0.3) is 0 Å². The Morgan fingerprint density at radius 3 is 2.54 bits per heavy atom. The van der Waals surface area contributed by atoms with E-state index >= 15 is 0 Å². The number of amides is 1. The minimum atomic E-state index is 0.107. The number of anilines is 1. The Kier molecular flexibility index (Phi) is 6.50. The van der Waals surface area contributed by atoms with Crippen molar-refractivity contribution >= 4 is 34.1 Å². The second-order valence-electron chi connectivity index (χ2n) is 9.49. The molecule has 4 fully saturated rings. The Labute approximate surface area is 177 Å². The third kappa shape index (κ3) is 5.02. The van der Waals surface area contributed by atoms with E-state index in [0.29, 0.717) is 5.75 Å². The molecule has 0 radical (unpaired) electrons. The van der Waals surface area contributed by atoms with Crippen molar-refractivity contribution in [3.63, 3.8) is 0 Å². The summed E-state index contributed by atoms with van der Waals surface area (Å²) in [6.45, 7) is 5.48. The minimum Gasteiger partial charge on any atom is -0.360 e. The van der Waals surface area contributed by atoms with Gasteiger partial charge in [0.2, 0.25) is 11.0 Å². The SMILES string of the molecule is CC[C@@H](C)CCCNc1nnc(SCC(=O)NC23CC4CC(CC(C4)C2)C3)s1. The lowest BCUT2D eigenvalue weighted by molar-refractivity contribution is -0.124. The Hall–Kier alpha value is -0.820. The molecule has 1 aromatic rings. The maximum Gasteiger partial charge on any atom is 0.230 e. The molecule has 28 heavy (non-hydrogen) atoms. The number of nitrogens with zero attached hydrogens (tertiary/aromatic N) is 2. The van der Waals surface area contributed by atoms with E-state index in [1.807, 2.05) is 0 Å². The van der Waals surface area contributed by atoms with Gasteiger partial charge >= 0.3 is 0 Å². The minimum absolute atomic E-state index is 0.107. The van der Waals surface area contributed by atoms with Crippen LogP contribution in [0.15, 0.2) is 4.34 Å². The molecule has 5 nitrogen and oxygen atoms in total. The van der Waals surface area contributed by atoms with Crippen LogP contribution in [0.2, 0.25) is 0 Å². The highest BCUT2D eigenvalue weighted by Crippen LogP contribution is 2.55. The van der Waals surface area contributed by atoms with E-state index in [0.717, 1.165) is 46.1 Å². The number of rotatable bonds is 10. The van der Waals surface area contributed by atoms with Crippen LogP contribution in [0.3, 0.4) is 0 Å². The van der Waals surface area contributed by atoms with Crippen LogP contribution in [0.5, 0.6) is 0 Å². The molecule has 0 spiro atoms. The van der Waals surface area contributed by atoms with E-state index in [-0.39, 0.29) is 11.4 Å². The van der Waals surface area contributed by atoms with Crippen LogP contribution in [0.1, 0.15) is 71.6 Å². The fourth-order valence-corrected chi connectivity index (χ4v) is 7.49. The van der Waals surface area contributed by atoms with Gasteiger partial charge in [0, 0.05) is 12.1 Å².